The molecule has 2 aliphatic heterocycles. The van der Waals surface area contributed by atoms with Gasteiger partial charge in [-0.3, -0.25) is 14.6 Å². The van der Waals surface area contributed by atoms with Crippen molar-refractivity contribution in [3.63, 3.8) is 0 Å². The minimum Gasteiger partial charge on any atom is -0.383 e. The number of methoxy groups -OCH3 is 2. The Morgan fingerprint density at radius 3 is 2.21 bits per heavy atom. The lowest BCUT2D eigenvalue weighted by Gasteiger charge is -2.43. The number of hydrogen-bond acceptors (Lipinski definition) is 5. The molecule has 0 saturated carbocycles. The molecule has 0 N–H and O–H groups in total. The second kappa shape index (κ2) is 7.80. The lowest BCUT2D eigenvalue weighted by molar-refractivity contribution is -0.137. The van der Waals surface area contributed by atoms with Crippen LogP contribution in [-0.4, -0.2) is 91.3 Å². The highest BCUT2D eigenvalue weighted by Crippen LogP contribution is 2.38. The van der Waals surface area contributed by atoms with Crippen LogP contribution in [0.3, 0.4) is 0 Å². The average Bonchev–Trinajstić information content (AvgIpc) is 2.74. The summed E-state index contributed by atoms with van der Waals surface area (Å²) in [6.07, 6.45) is 1.33. The van der Waals surface area contributed by atoms with Crippen molar-refractivity contribution < 1.29 is 19.1 Å². The standard InChI is InChI=1S/C17H31N3O4/c1-13(2)20-15(21)17(19(16(20)22)10-11-23-4)6-8-18(9-7-17)14(3)12-24-5/h13-14H,6-12H2,1-5H3. The van der Waals surface area contributed by atoms with E-state index in [0.29, 0.717) is 38.6 Å². The van der Waals surface area contributed by atoms with Crippen molar-refractivity contribution in [2.24, 2.45) is 0 Å². The molecule has 7 heteroatoms. The van der Waals surface area contributed by atoms with Crippen LogP contribution in [0.1, 0.15) is 33.6 Å². The number of rotatable bonds is 7. The molecule has 0 bridgehead atoms. The first-order chi connectivity index (χ1) is 11.4. The lowest BCUT2D eigenvalue weighted by Crippen LogP contribution is -2.58. The molecule has 2 fully saturated rings. The smallest absolute Gasteiger partial charge is 0.327 e. The van der Waals surface area contributed by atoms with Gasteiger partial charge in [0.2, 0.25) is 0 Å². The summed E-state index contributed by atoms with van der Waals surface area (Å²) >= 11 is 0. The zero-order chi connectivity index (χ0) is 17.9. The molecule has 2 rings (SSSR count). The summed E-state index contributed by atoms with van der Waals surface area (Å²) in [4.78, 5) is 31.4. The van der Waals surface area contributed by atoms with Gasteiger partial charge in [-0.25, -0.2) is 4.79 Å². The third kappa shape index (κ3) is 3.30. The summed E-state index contributed by atoms with van der Waals surface area (Å²) in [7, 11) is 3.32. The Labute approximate surface area is 144 Å². The first-order valence-electron chi connectivity index (χ1n) is 8.76. The first kappa shape index (κ1) is 19.1. The van der Waals surface area contributed by atoms with Gasteiger partial charge in [-0.2, -0.15) is 0 Å². The van der Waals surface area contributed by atoms with Crippen LogP contribution in [0.5, 0.6) is 0 Å². The van der Waals surface area contributed by atoms with Crippen LogP contribution in [0.25, 0.3) is 0 Å². The largest absolute Gasteiger partial charge is 0.383 e. The molecule has 1 spiro atoms. The Balaban J connectivity index is 2.19. The fourth-order valence-electron chi connectivity index (χ4n) is 3.85. The third-order valence-corrected chi connectivity index (χ3v) is 5.26. The average molecular weight is 341 g/mol. The number of carbonyl (C=O) groups excluding carboxylic acids is 2. The van der Waals surface area contributed by atoms with Crippen molar-refractivity contribution in [1.29, 1.82) is 0 Å². The SMILES string of the molecule is COCCN1C(=O)N(C(C)C)C(=O)C12CCN(C(C)COC)CC2. The van der Waals surface area contributed by atoms with Crippen molar-refractivity contribution in [2.75, 3.05) is 47.1 Å². The van der Waals surface area contributed by atoms with E-state index in [1.54, 1.807) is 19.1 Å². The molecule has 0 aromatic rings. The van der Waals surface area contributed by atoms with Crippen LogP contribution in [-0.2, 0) is 14.3 Å². The van der Waals surface area contributed by atoms with Crippen LogP contribution >= 0.6 is 0 Å². The van der Waals surface area contributed by atoms with E-state index in [2.05, 4.69) is 11.8 Å². The zero-order valence-corrected chi connectivity index (χ0v) is 15.6. The summed E-state index contributed by atoms with van der Waals surface area (Å²) in [6.45, 7) is 9.06. The molecule has 7 nitrogen and oxygen atoms in total. The van der Waals surface area contributed by atoms with E-state index >= 15 is 0 Å². The number of piperidine rings is 1. The fraction of sp³-hybridized carbons (Fsp3) is 0.882. The maximum absolute atomic E-state index is 13.1. The minimum absolute atomic E-state index is 0.0438. The predicted octanol–water partition coefficient (Wildman–Crippen LogP) is 1.17. The van der Waals surface area contributed by atoms with Crippen LogP contribution in [0.4, 0.5) is 4.79 Å². The number of ether oxygens (including phenoxy) is 2. The molecule has 1 atom stereocenters. The normalized spacial score (nSPS) is 22.9. The molecule has 3 amide bonds. The van der Waals surface area contributed by atoms with E-state index in [1.807, 2.05) is 13.8 Å². The Hall–Kier alpha value is -1.18. The van der Waals surface area contributed by atoms with Gasteiger partial charge in [0.15, 0.2) is 0 Å². The molecular weight excluding hydrogens is 310 g/mol. The van der Waals surface area contributed by atoms with Crippen molar-refractivity contribution in [3.8, 4) is 0 Å². The fourth-order valence-corrected chi connectivity index (χ4v) is 3.85. The number of amides is 3. The van der Waals surface area contributed by atoms with Crippen LogP contribution in [0, 0.1) is 0 Å². The minimum atomic E-state index is -0.705. The van der Waals surface area contributed by atoms with Gasteiger partial charge in [0, 0.05) is 45.9 Å². The molecule has 0 aromatic heterocycles. The number of nitrogens with zero attached hydrogens (tertiary/aromatic N) is 3. The summed E-state index contributed by atoms with van der Waals surface area (Å²) in [5.41, 5.74) is -0.705. The van der Waals surface area contributed by atoms with Gasteiger partial charge >= 0.3 is 6.03 Å². The third-order valence-electron chi connectivity index (χ3n) is 5.26. The summed E-state index contributed by atoms with van der Waals surface area (Å²) in [5, 5.41) is 0. The summed E-state index contributed by atoms with van der Waals surface area (Å²) in [6, 6.07) is 0.0125. The number of carbonyl (C=O) groups is 2. The number of likely N-dealkylation sites (tertiary alicyclic amines) is 1. The van der Waals surface area contributed by atoms with Crippen LogP contribution in [0.2, 0.25) is 0 Å². The van der Waals surface area contributed by atoms with Gasteiger partial charge in [0.05, 0.1) is 13.2 Å². The van der Waals surface area contributed by atoms with Crippen LogP contribution < -0.4 is 0 Å². The zero-order valence-electron chi connectivity index (χ0n) is 15.6. The van der Waals surface area contributed by atoms with Gasteiger partial charge < -0.3 is 14.4 Å². The second-order valence-electron chi connectivity index (χ2n) is 7.07. The first-order valence-corrected chi connectivity index (χ1v) is 8.76. The lowest BCUT2D eigenvalue weighted by atomic mass is 9.85. The molecule has 2 heterocycles. The van der Waals surface area contributed by atoms with Gasteiger partial charge in [-0.05, 0) is 33.6 Å². The van der Waals surface area contributed by atoms with Gasteiger partial charge in [0.25, 0.3) is 5.91 Å². The molecule has 2 saturated heterocycles. The van der Waals surface area contributed by atoms with E-state index in [-0.39, 0.29) is 18.0 Å². The summed E-state index contributed by atoms with van der Waals surface area (Å²) in [5.74, 6) is -0.0438. The number of urea groups is 1. The Morgan fingerprint density at radius 1 is 1.08 bits per heavy atom. The van der Waals surface area contributed by atoms with Gasteiger partial charge in [0.1, 0.15) is 5.54 Å². The van der Waals surface area contributed by atoms with E-state index in [4.69, 9.17) is 9.47 Å². The van der Waals surface area contributed by atoms with Gasteiger partial charge in [-0.1, -0.05) is 0 Å². The summed E-state index contributed by atoms with van der Waals surface area (Å²) < 4.78 is 10.4. The van der Waals surface area contributed by atoms with Crippen molar-refractivity contribution in [1.82, 2.24) is 14.7 Å². The molecular formula is C17H31N3O4. The van der Waals surface area contributed by atoms with E-state index in [9.17, 15) is 9.59 Å². The van der Waals surface area contributed by atoms with Crippen molar-refractivity contribution >= 4 is 11.9 Å². The number of hydrogen-bond donors (Lipinski definition) is 0. The molecule has 24 heavy (non-hydrogen) atoms. The highest BCUT2D eigenvalue weighted by atomic mass is 16.5. The van der Waals surface area contributed by atoms with Crippen molar-refractivity contribution in [3.05, 3.63) is 0 Å². The highest BCUT2D eigenvalue weighted by Gasteiger charge is 2.58. The molecule has 0 aromatic carbocycles. The Bertz CT molecular complexity index is 461. The van der Waals surface area contributed by atoms with Crippen molar-refractivity contribution in [2.45, 2.75) is 51.2 Å². The van der Waals surface area contributed by atoms with E-state index < -0.39 is 5.54 Å². The highest BCUT2D eigenvalue weighted by molar-refractivity contribution is 6.07. The quantitative estimate of drug-likeness (QED) is 0.651. The molecule has 0 aliphatic carbocycles. The second-order valence-corrected chi connectivity index (χ2v) is 7.07. The predicted molar refractivity (Wildman–Crippen MR) is 90.8 cm³/mol. The maximum Gasteiger partial charge on any atom is 0.327 e. The van der Waals surface area contributed by atoms with E-state index in [0.717, 1.165) is 13.1 Å². The Kier molecular flexibility index (Phi) is 6.22. The molecule has 0 radical (unpaired) electrons. The monoisotopic (exact) mass is 341 g/mol. The van der Waals surface area contributed by atoms with Gasteiger partial charge in [-0.15, -0.1) is 0 Å². The van der Waals surface area contributed by atoms with E-state index in [1.165, 1.54) is 4.90 Å². The molecule has 2 aliphatic rings. The maximum atomic E-state index is 13.1. The topological polar surface area (TPSA) is 62.3 Å². The Morgan fingerprint density at radius 2 is 1.71 bits per heavy atom. The molecule has 138 valence electrons. The van der Waals surface area contributed by atoms with Crippen LogP contribution in [0.15, 0.2) is 0 Å². The molecule has 1 unspecified atom stereocenters. The number of imide groups is 1.